The van der Waals surface area contributed by atoms with Crippen LogP contribution in [0.4, 0.5) is 15.8 Å². The topological polar surface area (TPSA) is 66.5 Å². The van der Waals surface area contributed by atoms with Gasteiger partial charge in [-0.05, 0) is 6.07 Å². The van der Waals surface area contributed by atoms with Gasteiger partial charge < -0.3 is 10.2 Å². The highest BCUT2D eigenvalue weighted by molar-refractivity contribution is 7.91. The standard InChI is InChI=1S/C12H12ClFN2O3S/c13-8-4-10-11(5-9(8)14)16-1-2-20(18,19)6-7(16)3-12(17)15-10/h4-5,7H,1-3,6H2,(H,15,17). The van der Waals surface area contributed by atoms with E-state index in [0.29, 0.717) is 11.4 Å². The quantitative estimate of drug-likeness (QED) is 0.786. The third kappa shape index (κ3) is 2.35. The van der Waals surface area contributed by atoms with Crippen molar-refractivity contribution < 1.29 is 17.6 Å². The van der Waals surface area contributed by atoms with Gasteiger partial charge in [-0.25, -0.2) is 12.8 Å². The summed E-state index contributed by atoms with van der Waals surface area (Å²) in [4.78, 5) is 13.6. The van der Waals surface area contributed by atoms with Crippen molar-refractivity contribution in [3.8, 4) is 0 Å². The molecule has 0 spiro atoms. The van der Waals surface area contributed by atoms with Crippen molar-refractivity contribution in [2.45, 2.75) is 12.5 Å². The second-order valence-electron chi connectivity index (χ2n) is 5.00. The first kappa shape index (κ1) is 13.6. The van der Waals surface area contributed by atoms with E-state index < -0.39 is 21.7 Å². The number of carbonyl (C=O) groups is 1. The van der Waals surface area contributed by atoms with Gasteiger partial charge >= 0.3 is 0 Å². The molecule has 0 bridgehead atoms. The maximum absolute atomic E-state index is 13.7. The predicted octanol–water partition coefficient (Wildman–Crippen LogP) is 1.42. The van der Waals surface area contributed by atoms with E-state index in [4.69, 9.17) is 11.6 Å². The Balaban J connectivity index is 2.10. The Morgan fingerprint density at radius 3 is 2.90 bits per heavy atom. The molecular weight excluding hydrogens is 307 g/mol. The van der Waals surface area contributed by atoms with Crippen LogP contribution in [0.1, 0.15) is 6.42 Å². The van der Waals surface area contributed by atoms with Crippen molar-refractivity contribution in [1.82, 2.24) is 0 Å². The summed E-state index contributed by atoms with van der Waals surface area (Å²) in [6.07, 6.45) is 0.0626. The predicted molar refractivity (Wildman–Crippen MR) is 74.4 cm³/mol. The smallest absolute Gasteiger partial charge is 0.226 e. The van der Waals surface area contributed by atoms with Crippen LogP contribution < -0.4 is 10.2 Å². The van der Waals surface area contributed by atoms with Crippen LogP contribution in [0.3, 0.4) is 0 Å². The number of carbonyl (C=O) groups excluding carboxylic acids is 1. The molecule has 1 saturated heterocycles. The Hall–Kier alpha value is -1.34. The molecule has 3 rings (SSSR count). The molecule has 5 nitrogen and oxygen atoms in total. The molecule has 1 aromatic carbocycles. The SMILES string of the molecule is O=C1CC2CS(=O)(=O)CCN2c2cc(F)c(Cl)cc2N1. The Labute approximate surface area is 120 Å². The molecule has 1 fully saturated rings. The van der Waals surface area contributed by atoms with Crippen LogP contribution >= 0.6 is 11.6 Å². The normalized spacial score (nSPS) is 24.4. The van der Waals surface area contributed by atoms with Gasteiger partial charge in [-0.3, -0.25) is 4.79 Å². The van der Waals surface area contributed by atoms with E-state index in [0.717, 1.165) is 0 Å². The number of fused-ring (bicyclic) bond motifs is 3. The molecule has 0 radical (unpaired) electrons. The number of amides is 1. The molecule has 8 heteroatoms. The highest BCUT2D eigenvalue weighted by Crippen LogP contribution is 2.36. The summed E-state index contributed by atoms with van der Waals surface area (Å²) in [6.45, 7) is 0.246. The highest BCUT2D eigenvalue weighted by Gasteiger charge is 2.36. The zero-order valence-corrected chi connectivity index (χ0v) is 12.0. The molecule has 1 unspecified atom stereocenters. The van der Waals surface area contributed by atoms with E-state index in [-0.39, 0.29) is 35.4 Å². The van der Waals surface area contributed by atoms with Gasteiger partial charge in [0.15, 0.2) is 9.84 Å². The number of nitrogens with zero attached hydrogens (tertiary/aromatic N) is 1. The Kier molecular flexibility index (Phi) is 3.13. The zero-order chi connectivity index (χ0) is 14.5. The van der Waals surface area contributed by atoms with E-state index in [2.05, 4.69) is 5.32 Å². The lowest BCUT2D eigenvalue weighted by molar-refractivity contribution is -0.116. The average Bonchev–Trinajstić information content (AvgIpc) is 2.44. The second-order valence-corrected chi connectivity index (χ2v) is 7.63. The Morgan fingerprint density at radius 1 is 1.40 bits per heavy atom. The number of anilines is 2. The molecule has 0 aliphatic carbocycles. The number of hydrogen-bond donors (Lipinski definition) is 1. The third-order valence-corrected chi connectivity index (χ3v) is 5.56. The van der Waals surface area contributed by atoms with Crippen molar-refractivity contribution in [3.05, 3.63) is 23.0 Å². The first-order valence-corrected chi connectivity index (χ1v) is 8.31. The van der Waals surface area contributed by atoms with Crippen LogP contribution in [-0.4, -0.2) is 38.4 Å². The Morgan fingerprint density at radius 2 is 2.15 bits per heavy atom. The summed E-state index contributed by atoms with van der Waals surface area (Å²) in [7, 11) is -3.16. The second kappa shape index (κ2) is 4.60. The van der Waals surface area contributed by atoms with Crippen LogP contribution in [0.15, 0.2) is 12.1 Å². The van der Waals surface area contributed by atoms with E-state index in [1.807, 2.05) is 0 Å². The van der Waals surface area contributed by atoms with Gasteiger partial charge in [0.2, 0.25) is 5.91 Å². The number of nitrogens with one attached hydrogen (secondary N) is 1. The lowest BCUT2D eigenvalue weighted by Crippen LogP contribution is -2.48. The van der Waals surface area contributed by atoms with E-state index >= 15 is 0 Å². The molecule has 20 heavy (non-hydrogen) atoms. The van der Waals surface area contributed by atoms with Crippen LogP contribution in [0.2, 0.25) is 5.02 Å². The maximum atomic E-state index is 13.7. The summed E-state index contributed by atoms with van der Waals surface area (Å²) in [5.74, 6) is -0.974. The Bertz CT molecular complexity index is 692. The number of rotatable bonds is 0. The first-order valence-electron chi connectivity index (χ1n) is 6.12. The van der Waals surface area contributed by atoms with E-state index in [1.54, 1.807) is 4.90 Å². The highest BCUT2D eigenvalue weighted by atomic mass is 35.5. The monoisotopic (exact) mass is 318 g/mol. The summed E-state index contributed by atoms with van der Waals surface area (Å²) >= 11 is 5.73. The fraction of sp³-hybridized carbons (Fsp3) is 0.417. The van der Waals surface area contributed by atoms with Crippen LogP contribution in [0.25, 0.3) is 0 Å². The maximum Gasteiger partial charge on any atom is 0.226 e. The molecule has 0 aromatic heterocycles. The summed E-state index contributed by atoms with van der Waals surface area (Å²) in [6, 6.07) is 2.14. The minimum absolute atomic E-state index is 0.00137. The van der Waals surface area contributed by atoms with Crippen molar-refractivity contribution in [1.29, 1.82) is 0 Å². The molecule has 0 saturated carbocycles. The number of sulfone groups is 1. The average molecular weight is 319 g/mol. The van der Waals surface area contributed by atoms with Gasteiger partial charge in [0.05, 0.1) is 33.9 Å². The molecule has 1 amide bonds. The minimum atomic E-state index is -3.16. The van der Waals surface area contributed by atoms with Gasteiger partial charge in [0.1, 0.15) is 5.82 Å². The number of hydrogen-bond acceptors (Lipinski definition) is 4. The van der Waals surface area contributed by atoms with Crippen molar-refractivity contribution in [2.75, 3.05) is 28.3 Å². The minimum Gasteiger partial charge on any atom is -0.364 e. The van der Waals surface area contributed by atoms with E-state index in [1.165, 1.54) is 12.1 Å². The van der Waals surface area contributed by atoms with Gasteiger partial charge in [0, 0.05) is 19.0 Å². The zero-order valence-electron chi connectivity index (χ0n) is 10.4. The van der Waals surface area contributed by atoms with E-state index in [9.17, 15) is 17.6 Å². The number of halogens is 2. The molecular formula is C12H12ClFN2O3S. The molecule has 2 aliphatic heterocycles. The lowest BCUT2D eigenvalue weighted by atomic mass is 10.1. The van der Waals surface area contributed by atoms with Gasteiger partial charge in [-0.15, -0.1) is 0 Å². The van der Waals surface area contributed by atoms with Crippen LogP contribution in [0, 0.1) is 5.82 Å². The van der Waals surface area contributed by atoms with Gasteiger partial charge in [-0.2, -0.15) is 0 Å². The van der Waals surface area contributed by atoms with Gasteiger partial charge in [0.25, 0.3) is 0 Å². The summed E-state index contributed by atoms with van der Waals surface area (Å²) in [5, 5.41) is 2.57. The summed E-state index contributed by atoms with van der Waals surface area (Å²) in [5.41, 5.74) is 0.904. The van der Waals surface area contributed by atoms with Crippen molar-refractivity contribution >= 4 is 38.7 Å². The molecule has 2 aliphatic rings. The molecule has 1 aromatic rings. The molecule has 1 N–H and O–H groups in total. The fourth-order valence-corrected chi connectivity index (χ4v) is 4.35. The molecule has 108 valence electrons. The third-order valence-electron chi connectivity index (χ3n) is 3.57. The van der Waals surface area contributed by atoms with Gasteiger partial charge in [-0.1, -0.05) is 11.6 Å². The molecule has 2 heterocycles. The fourth-order valence-electron chi connectivity index (χ4n) is 2.66. The van der Waals surface area contributed by atoms with Crippen LogP contribution in [-0.2, 0) is 14.6 Å². The number of benzene rings is 1. The van der Waals surface area contributed by atoms with Crippen molar-refractivity contribution in [3.63, 3.8) is 0 Å². The van der Waals surface area contributed by atoms with Crippen molar-refractivity contribution in [2.24, 2.45) is 0 Å². The lowest BCUT2D eigenvalue weighted by Gasteiger charge is -2.35. The summed E-state index contributed by atoms with van der Waals surface area (Å²) < 4.78 is 37.1. The van der Waals surface area contributed by atoms with Crippen LogP contribution in [0.5, 0.6) is 0 Å². The molecule has 1 atom stereocenters. The first-order chi connectivity index (χ1) is 9.35. The largest absolute Gasteiger partial charge is 0.364 e.